The third-order valence-electron chi connectivity index (χ3n) is 3.41. The van der Waals surface area contributed by atoms with Crippen LogP contribution in [-0.2, 0) is 11.8 Å². The Morgan fingerprint density at radius 3 is 2.67 bits per heavy atom. The summed E-state index contributed by atoms with van der Waals surface area (Å²) in [6.07, 6.45) is 2.31. The minimum absolute atomic E-state index is 0.0345. The number of urea groups is 1. The molecule has 6 heteroatoms. The Morgan fingerprint density at radius 1 is 1.48 bits per heavy atom. The molecule has 2 amide bonds. The molecular weight excluding hydrogens is 270 g/mol. The van der Waals surface area contributed by atoms with Crippen molar-refractivity contribution in [2.75, 3.05) is 12.4 Å². The second kappa shape index (κ2) is 6.76. The first-order valence-electron chi connectivity index (χ1n) is 6.94. The highest BCUT2D eigenvalue weighted by Gasteiger charge is 2.21. The molecule has 0 fully saturated rings. The van der Waals surface area contributed by atoms with Crippen LogP contribution in [0.2, 0.25) is 0 Å². The van der Waals surface area contributed by atoms with E-state index in [0.29, 0.717) is 12.1 Å². The Kier molecular flexibility index (Phi) is 5.54. The first-order chi connectivity index (χ1) is 9.64. The maximum atomic E-state index is 12.0. The van der Waals surface area contributed by atoms with Gasteiger partial charge < -0.3 is 19.9 Å². The van der Waals surface area contributed by atoms with Crippen LogP contribution in [0.25, 0.3) is 0 Å². The van der Waals surface area contributed by atoms with Crippen LogP contribution in [0.15, 0.2) is 17.1 Å². The third kappa shape index (κ3) is 5.23. The lowest BCUT2D eigenvalue weighted by Crippen LogP contribution is -2.41. The van der Waals surface area contributed by atoms with E-state index in [0.717, 1.165) is 5.56 Å². The average Bonchev–Trinajstić information content (AvgIpc) is 2.35. The molecule has 0 saturated heterocycles. The van der Waals surface area contributed by atoms with Gasteiger partial charge in [0.15, 0.2) is 0 Å². The fourth-order valence-electron chi connectivity index (χ4n) is 2.11. The van der Waals surface area contributed by atoms with E-state index in [4.69, 9.17) is 4.74 Å². The van der Waals surface area contributed by atoms with E-state index in [-0.39, 0.29) is 23.2 Å². The SMILES string of the molecule is COC(C)(C)C[C@H](C)NC(=O)Nc1cn(C)c(=O)cc1C. The van der Waals surface area contributed by atoms with Crippen molar-refractivity contribution in [1.82, 2.24) is 9.88 Å². The van der Waals surface area contributed by atoms with Crippen molar-refractivity contribution >= 4 is 11.7 Å². The summed E-state index contributed by atoms with van der Waals surface area (Å²) in [5, 5.41) is 5.63. The Bertz CT molecular complexity index is 564. The van der Waals surface area contributed by atoms with Gasteiger partial charge in [0.1, 0.15) is 0 Å². The number of nitrogens with zero attached hydrogens (tertiary/aromatic N) is 1. The van der Waals surface area contributed by atoms with Crippen molar-refractivity contribution in [3.63, 3.8) is 0 Å². The molecule has 0 spiro atoms. The number of anilines is 1. The van der Waals surface area contributed by atoms with Crippen LogP contribution in [0.3, 0.4) is 0 Å². The number of aromatic nitrogens is 1. The van der Waals surface area contributed by atoms with E-state index in [9.17, 15) is 9.59 Å². The quantitative estimate of drug-likeness (QED) is 0.873. The van der Waals surface area contributed by atoms with Gasteiger partial charge in [-0.1, -0.05) is 0 Å². The summed E-state index contributed by atoms with van der Waals surface area (Å²) in [5.41, 5.74) is 0.957. The van der Waals surface area contributed by atoms with Crippen LogP contribution < -0.4 is 16.2 Å². The largest absolute Gasteiger partial charge is 0.379 e. The molecule has 0 bridgehead atoms. The summed E-state index contributed by atoms with van der Waals surface area (Å²) in [6.45, 7) is 7.66. The van der Waals surface area contributed by atoms with Gasteiger partial charge >= 0.3 is 6.03 Å². The summed E-state index contributed by atoms with van der Waals surface area (Å²) in [6, 6.07) is 1.16. The number of hydrogen-bond acceptors (Lipinski definition) is 3. The van der Waals surface area contributed by atoms with Crippen LogP contribution in [-0.4, -0.2) is 29.4 Å². The Hall–Kier alpha value is -1.82. The van der Waals surface area contributed by atoms with E-state index in [1.807, 2.05) is 20.8 Å². The van der Waals surface area contributed by atoms with Gasteiger partial charge in [-0.25, -0.2) is 4.79 Å². The van der Waals surface area contributed by atoms with Crippen LogP contribution in [0.5, 0.6) is 0 Å². The molecule has 6 nitrogen and oxygen atoms in total. The van der Waals surface area contributed by atoms with Gasteiger partial charge in [-0.2, -0.15) is 0 Å². The first kappa shape index (κ1) is 17.2. The van der Waals surface area contributed by atoms with Crippen molar-refractivity contribution in [3.05, 3.63) is 28.2 Å². The summed E-state index contributed by atoms with van der Waals surface area (Å²) in [4.78, 5) is 23.5. The molecule has 0 aliphatic rings. The zero-order valence-electron chi connectivity index (χ0n) is 13.6. The molecule has 118 valence electrons. The molecule has 1 rings (SSSR count). The number of hydrogen-bond donors (Lipinski definition) is 2. The van der Waals surface area contributed by atoms with Crippen LogP contribution >= 0.6 is 0 Å². The predicted molar refractivity (Wildman–Crippen MR) is 83.7 cm³/mol. The van der Waals surface area contributed by atoms with Crippen molar-refractivity contribution in [2.45, 2.75) is 45.8 Å². The van der Waals surface area contributed by atoms with Gasteiger partial charge in [0.2, 0.25) is 0 Å². The standard InChI is InChI=1S/C15H25N3O3/c1-10-7-13(19)18(5)9-12(10)17-14(20)16-11(2)8-15(3,4)21-6/h7,9,11H,8H2,1-6H3,(H2,16,17,20)/t11-/m0/s1. The van der Waals surface area contributed by atoms with Gasteiger partial charge in [0.05, 0.1) is 11.3 Å². The maximum absolute atomic E-state index is 12.0. The van der Waals surface area contributed by atoms with Crippen molar-refractivity contribution < 1.29 is 9.53 Å². The number of methoxy groups -OCH3 is 1. The normalized spacial score (nSPS) is 12.9. The number of amides is 2. The Balaban J connectivity index is 2.66. The summed E-state index contributed by atoms with van der Waals surface area (Å²) in [5.74, 6) is 0. The molecule has 1 heterocycles. The average molecular weight is 295 g/mol. The first-order valence-corrected chi connectivity index (χ1v) is 6.94. The zero-order chi connectivity index (χ0) is 16.2. The van der Waals surface area contributed by atoms with E-state index >= 15 is 0 Å². The number of aryl methyl sites for hydroxylation is 2. The van der Waals surface area contributed by atoms with E-state index < -0.39 is 0 Å². The lowest BCUT2D eigenvalue weighted by molar-refractivity contribution is 0.00963. The summed E-state index contributed by atoms with van der Waals surface area (Å²) >= 11 is 0. The second-order valence-electron chi connectivity index (χ2n) is 5.99. The Labute approximate surface area is 125 Å². The fourth-order valence-corrected chi connectivity index (χ4v) is 2.11. The maximum Gasteiger partial charge on any atom is 0.319 e. The second-order valence-corrected chi connectivity index (χ2v) is 5.99. The van der Waals surface area contributed by atoms with E-state index in [2.05, 4.69) is 10.6 Å². The van der Waals surface area contributed by atoms with Gasteiger partial charge in [-0.15, -0.1) is 0 Å². The number of ether oxygens (including phenoxy) is 1. The van der Waals surface area contributed by atoms with Crippen LogP contribution in [0.4, 0.5) is 10.5 Å². The molecule has 0 aliphatic heterocycles. The highest BCUT2D eigenvalue weighted by Crippen LogP contribution is 2.16. The van der Waals surface area contributed by atoms with Gasteiger partial charge in [0.25, 0.3) is 5.56 Å². The lowest BCUT2D eigenvalue weighted by atomic mass is 10.00. The summed E-state index contributed by atoms with van der Waals surface area (Å²) in [7, 11) is 3.30. The van der Waals surface area contributed by atoms with E-state index in [1.54, 1.807) is 27.3 Å². The predicted octanol–water partition coefficient (Wildman–Crippen LogP) is 2.02. The minimum Gasteiger partial charge on any atom is -0.379 e. The molecule has 0 radical (unpaired) electrons. The molecule has 2 N–H and O–H groups in total. The molecule has 0 unspecified atom stereocenters. The Morgan fingerprint density at radius 2 is 2.10 bits per heavy atom. The molecular formula is C15H25N3O3. The van der Waals surface area contributed by atoms with Crippen molar-refractivity contribution in [3.8, 4) is 0 Å². The molecule has 1 atom stereocenters. The molecule has 0 saturated carbocycles. The highest BCUT2D eigenvalue weighted by molar-refractivity contribution is 5.90. The minimum atomic E-state index is -0.295. The third-order valence-corrected chi connectivity index (χ3v) is 3.41. The number of nitrogens with one attached hydrogen (secondary N) is 2. The highest BCUT2D eigenvalue weighted by atomic mass is 16.5. The molecule has 21 heavy (non-hydrogen) atoms. The topological polar surface area (TPSA) is 72.4 Å². The van der Waals surface area contributed by atoms with Gasteiger partial charge in [0, 0.05) is 32.5 Å². The van der Waals surface area contributed by atoms with Gasteiger partial charge in [-0.05, 0) is 39.7 Å². The van der Waals surface area contributed by atoms with Crippen LogP contribution in [0, 0.1) is 6.92 Å². The summed E-state index contributed by atoms with van der Waals surface area (Å²) < 4.78 is 6.78. The number of pyridine rings is 1. The molecule has 1 aromatic rings. The number of carbonyl (C=O) groups is 1. The molecule has 0 aliphatic carbocycles. The van der Waals surface area contributed by atoms with Crippen molar-refractivity contribution in [1.29, 1.82) is 0 Å². The van der Waals surface area contributed by atoms with E-state index in [1.165, 1.54) is 10.6 Å². The number of rotatable bonds is 5. The smallest absolute Gasteiger partial charge is 0.319 e. The van der Waals surface area contributed by atoms with Gasteiger partial charge in [-0.3, -0.25) is 4.79 Å². The monoisotopic (exact) mass is 295 g/mol. The fraction of sp³-hybridized carbons (Fsp3) is 0.600. The number of carbonyl (C=O) groups excluding carboxylic acids is 1. The molecule has 1 aromatic heterocycles. The van der Waals surface area contributed by atoms with Crippen molar-refractivity contribution in [2.24, 2.45) is 7.05 Å². The zero-order valence-corrected chi connectivity index (χ0v) is 13.6. The van der Waals surface area contributed by atoms with Crippen LogP contribution in [0.1, 0.15) is 32.8 Å². The molecule has 0 aromatic carbocycles. The lowest BCUT2D eigenvalue weighted by Gasteiger charge is -2.27.